The molecule has 0 aliphatic carbocycles. The molecule has 0 aliphatic rings. The second kappa shape index (κ2) is 3.97. The Hall–Kier alpha value is -1.76. The van der Waals surface area contributed by atoms with Crippen molar-refractivity contribution in [3.63, 3.8) is 0 Å². The number of nitrogens with zero attached hydrogens (tertiary/aromatic N) is 6. The summed E-state index contributed by atoms with van der Waals surface area (Å²) in [5.41, 5.74) is 0. The summed E-state index contributed by atoms with van der Waals surface area (Å²) in [5.74, 6) is 0. The van der Waals surface area contributed by atoms with Crippen LogP contribution in [0.25, 0.3) is 0 Å². The maximum Gasteiger partial charge on any atom is 0.0932 e. The first kappa shape index (κ1) is 8.82. The Morgan fingerprint density at radius 1 is 1.00 bits per heavy atom. The Bertz CT molecular complexity index is 319. The molecule has 0 radical (unpaired) electrons. The molecular weight excluding hydrogens is 184 g/mol. The minimum atomic E-state index is -0.543. The maximum absolute atomic E-state index is 9.62. The molecule has 1 N–H and O–H groups in total. The summed E-state index contributed by atoms with van der Waals surface area (Å²) in [6.45, 7) is 0.805. The molecular formula is C7H10N6O. The van der Waals surface area contributed by atoms with E-state index in [1.807, 2.05) is 0 Å². The van der Waals surface area contributed by atoms with Crippen LogP contribution in [0.15, 0.2) is 24.8 Å². The zero-order valence-corrected chi connectivity index (χ0v) is 7.43. The van der Waals surface area contributed by atoms with Crippen LogP contribution in [0.3, 0.4) is 0 Å². The Morgan fingerprint density at radius 2 is 1.50 bits per heavy atom. The number of hydrogen-bond donors (Lipinski definition) is 1. The van der Waals surface area contributed by atoms with Crippen molar-refractivity contribution in [1.29, 1.82) is 0 Å². The van der Waals surface area contributed by atoms with Crippen LogP contribution in [0.1, 0.15) is 0 Å². The predicted molar refractivity (Wildman–Crippen MR) is 46.1 cm³/mol. The van der Waals surface area contributed by atoms with Gasteiger partial charge in [-0.2, -0.15) is 0 Å². The summed E-state index contributed by atoms with van der Waals surface area (Å²) in [6.07, 6.45) is 6.00. The van der Waals surface area contributed by atoms with Crippen LogP contribution >= 0.6 is 0 Å². The molecule has 0 saturated carbocycles. The lowest BCUT2D eigenvalue weighted by Gasteiger charge is -2.09. The van der Waals surface area contributed by atoms with Gasteiger partial charge in [-0.3, -0.25) is 0 Å². The van der Waals surface area contributed by atoms with Gasteiger partial charge in [0, 0.05) is 12.4 Å². The SMILES string of the molecule is OC(Cn1ccnn1)Cn1ccnn1. The highest BCUT2D eigenvalue weighted by atomic mass is 16.3. The zero-order valence-electron chi connectivity index (χ0n) is 7.43. The maximum atomic E-state index is 9.62. The van der Waals surface area contributed by atoms with Gasteiger partial charge in [-0.05, 0) is 0 Å². The van der Waals surface area contributed by atoms with Crippen molar-refractivity contribution >= 4 is 0 Å². The summed E-state index contributed by atoms with van der Waals surface area (Å²) in [4.78, 5) is 0. The van der Waals surface area contributed by atoms with Gasteiger partial charge in [0.1, 0.15) is 0 Å². The Labute approximate surface area is 80.0 Å². The molecule has 7 heteroatoms. The number of hydrogen-bond acceptors (Lipinski definition) is 5. The van der Waals surface area contributed by atoms with Crippen LogP contribution in [-0.4, -0.2) is 41.2 Å². The summed E-state index contributed by atoms with van der Waals surface area (Å²) < 4.78 is 3.14. The highest BCUT2D eigenvalue weighted by Gasteiger charge is 2.06. The van der Waals surface area contributed by atoms with Gasteiger partial charge in [0.25, 0.3) is 0 Å². The van der Waals surface area contributed by atoms with E-state index >= 15 is 0 Å². The van der Waals surface area contributed by atoms with Crippen LogP contribution < -0.4 is 0 Å². The fourth-order valence-corrected chi connectivity index (χ4v) is 1.15. The molecule has 0 amide bonds. The molecule has 0 aromatic carbocycles. The Morgan fingerprint density at radius 3 is 1.86 bits per heavy atom. The fraction of sp³-hybridized carbons (Fsp3) is 0.429. The average molecular weight is 194 g/mol. The van der Waals surface area contributed by atoms with E-state index in [9.17, 15) is 5.11 Å². The van der Waals surface area contributed by atoms with Crippen molar-refractivity contribution in [3.05, 3.63) is 24.8 Å². The minimum absolute atomic E-state index is 0.403. The van der Waals surface area contributed by atoms with Gasteiger partial charge >= 0.3 is 0 Å². The summed E-state index contributed by atoms with van der Waals surface area (Å²) >= 11 is 0. The molecule has 2 aromatic heterocycles. The Kier molecular flexibility index (Phi) is 2.50. The molecule has 0 spiro atoms. The zero-order chi connectivity index (χ0) is 9.80. The molecule has 0 bridgehead atoms. The van der Waals surface area contributed by atoms with Gasteiger partial charge in [-0.1, -0.05) is 10.4 Å². The van der Waals surface area contributed by atoms with Crippen LogP contribution in [0.4, 0.5) is 0 Å². The second-order valence-electron chi connectivity index (χ2n) is 2.90. The molecule has 14 heavy (non-hydrogen) atoms. The molecule has 0 fully saturated rings. The summed E-state index contributed by atoms with van der Waals surface area (Å²) in [6, 6.07) is 0. The molecule has 0 aliphatic heterocycles. The fourth-order valence-electron chi connectivity index (χ4n) is 1.15. The molecule has 2 aromatic rings. The van der Waals surface area contributed by atoms with Gasteiger partial charge in [-0.25, -0.2) is 9.36 Å². The van der Waals surface area contributed by atoms with E-state index in [-0.39, 0.29) is 0 Å². The third-order valence-electron chi connectivity index (χ3n) is 1.74. The first-order valence-corrected chi connectivity index (χ1v) is 4.21. The van der Waals surface area contributed by atoms with Gasteiger partial charge in [0.05, 0.1) is 31.6 Å². The van der Waals surface area contributed by atoms with Crippen molar-refractivity contribution in [2.75, 3.05) is 0 Å². The largest absolute Gasteiger partial charge is 0.389 e. The number of rotatable bonds is 4. The quantitative estimate of drug-likeness (QED) is 0.670. The molecule has 2 heterocycles. The van der Waals surface area contributed by atoms with Crippen molar-refractivity contribution < 1.29 is 5.11 Å². The third kappa shape index (κ3) is 2.13. The average Bonchev–Trinajstić information content (AvgIpc) is 2.76. The highest BCUT2D eigenvalue weighted by Crippen LogP contribution is 1.93. The van der Waals surface area contributed by atoms with Crippen molar-refractivity contribution in [2.24, 2.45) is 0 Å². The smallest absolute Gasteiger partial charge is 0.0932 e. The van der Waals surface area contributed by atoms with E-state index in [4.69, 9.17) is 0 Å². The molecule has 7 nitrogen and oxygen atoms in total. The molecule has 2 rings (SSSR count). The molecule has 0 atom stereocenters. The summed E-state index contributed by atoms with van der Waals surface area (Å²) in [5, 5.41) is 24.4. The van der Waals surface area contributed by atoms with Crippen LogP contribution in [0.2, 0.25) is 0 Å². The van der Waals surface area contributed by atoms with Crippen LogP contribution in [0, 0.1) is 0 Å². The first-order valence-electron chi connectivity index (χ1n) is 4.21. The van der Waals surface area contributed by atoms with Crippen molar-refractivity contribution in [1.82, 2.24) is 30.0 Å². The minimum Gasteiger partial charge on any atom is -0.389 e. The monoisotopic (exact) mass is 194 g/mol. The van der Waals surface area contributed by atoms with E-state index in [1.54, 1.807) is 34.2 Å². The lowest BCUT2D eigenvalue weighted by atomic mass is 10.3. The van der Waals surface area contributed by atoms with E-state index in [1.165, 1.54) is 0 Å². The second-order valence-corrected chi connectivity index (χ2v) is 2.90. The van der Waals surface area contributed by atoms with Gasteiger partial charge in [-0.15, -0.1) is 10.2 Å². The summed E-state index contributed by atoms with van der Waals surface area (Å²) in [7, 11) is 0. The van der Waals surface area contributed by atoms with E-state index in [0.29, 0.717) is 13.1 Å². The normalized spacial score (nSPS) is 11.0. The van der Waals surface area contributed by atoms with Crippen LogP contribution in [-0.2, 0) is 13.1 Å². The third-order valence-corrected chi connectivity index (χ3v) is 1.74. The van der Waals surface area contributed by atoms with Gasteiger partial charge < -0.3 is 5.11 Å². The number of aromatic nitrogens is 6. The molecule has 74 valence electrons. The Balaban J connectivity index is 1.88. The van der Waals surface area contributed by atoms with Crippen LogP contribution in [0.5, 0.6) is 0 Å². The number of aliphatic hydroxyl groups is 1. The van der Waals surface area contributed by atoms with E-state index < -0.39 is 6.10 Å². The molecule has 0 unspecified atom stereocenters. The highest BCUT2D eigenvalue weighted by molar-refractivity contribution is 4.69. The van der Waals surface area contributed by atoms with Gasteiger partial charge in [0.2, 0.25) is 0 Å². The molecule has 0 saturated heterocycles. The van der Waals surface area contributed by atoms with Crippen molar-refractivity contribution in [3.8, 4) is 0 Å². The van der Waals surface area contributed by atoms with Gasteiger partial charge in [0.15, 0.2) is 0 Å². The van der Waals surface area contributed by atoms with E-state index in [0.717, 1.165) is 0 Å². The number of aliphatic hydroxyl groups excluding tert-OH is 1. The standard InChI is InChI=1S/C7H10N6O/c14-7(5-12-3-1-8-10-12)6-13-4-2-9-11-13/h1-4,7,14H,5-6H2. The lowest BCUT2D eigenvalue weighted by molar-refractivity contribution is 0.124. The van der Waals surface area contributed by atoms with E-state index in [2.05, 4.69) is 20.6 Å². The lowest BCUT2D eigenvalue weighted by Crippen LogP contribution is -2.22. The van der Waals surface area contributed by atoms with Crippen molar-refractivity contribution in [2.45, 2.75) is 19.2 Å². The predicted octanol–water partition coefficient (Wildman–Crippen LogP) is -1.07. The first-order chi connectivity index (χ1) is 6.84. The topological polar surface area (TPSA) is 81.6 Å².